The van der Waals surface area contributed by atoms with E-state index in [1.807, 2.05) is 22.6 Å². The van der Waals surface area contributed by atoms with Crippen LogP contribution >= 0.6 is 57.4 Å². The SMILES string of the molecule is COC(=O)C(CI)C(=O)OC(Cl)C(Cl)Cl.N. The van der Waals surface area contributed by atoms with Crippen molar-refractivity contribution in [2.24, 2.45) is 5.92 Å². The van der Waals surface area contributed by atoms with Crippen LogP contribution in [0.25, 0.3) is 0 Å². The summed E-state index contributed by atoms with van der Waals surface area (Å²) in [5, 5.41) is 0. The zero-order chi connectivity index (χ0) is 12.0. The lowest BCUT2D eigenvalue weighted by Gasteiger charge is -2.15. The number of carbonyl (C=O) groups excluding carboxylic acids is 2. The molecule has 0 heterocycles. The maximum atomic E-state index is 11.4. The summed E-state index contributed by atoms with van der Waals surface area (Å²) >= 11 is 18.1. The molecule has 0 aliphatic rings. The number of hydrogen-bond donors (Lipinski definition) is 1. The number of halogens is 4. The summed E-state index contributed by atoms with van der Waals surface area (Å²) in [5.41, 5.74) is -1.18. The minimum atomic E-state index is -1.18. The zero-order valence-corrected chi connectivity index (χ0v) is 12.7. The van der Waals surface area contributed by atoms with Crippen LogP contribution < -0.4 is 6.15 Å². The van der Waals surface area contributed by atoms with E-state index in [-0.39, 0.29) is 10.6 Å². The molecule has 0 amide bonds. The Morgan fingerprint density at radius 1 is 1.25 bits per heavy atom. The van der Waals surface area contributed by atoms with Crippen molar-refractivity contribution in [2.75, 3.05) is 11.5 Å². The van der Waals surface area contributed by atoms with Crippen molar-refractivity contribution in [2.45, 2.75) is 10.4 Å². The van der Waals surface area contributed by atoms with Gasteiger partial charge < -0.3 is 15.6 Å². The van der Waals surface area contributed by atoms with Gasteiger partial charge in [-0.05, 0) is 0 Å². The van der Waals surface area contributed by atoms with Crippen molar-refractivity contribution < 1.29 is 19.1 Å². The molecule has 0 aromatic rings. The maximum absolute atomic E-state index is 11.4. The molecule has 2 atom stereocenters. The summed E-state index contributed by atoms with van der Waals surface area (Å²) < 4.78 is 9.28. The van der Waals surface area contributed by atoms with Crippen LogP contribution in [-0.4, -0.2) is 33.9 Å². The predicted molar refractivity (Wildman–Crippen MR) is 70.6 cm³/mol. The van der Waals surface area contributed by atoms with Gasteiger partial charge in [-0.3, -0.25) is 9.59 Å². The van der Waals surface area contributed by atoms with Gasteiger partial charge in [-0.2, -0.15) is 0 Å². The van der Waals surface area contributed by atoms with Crippen molar-refractivity contribution in [3.8, 4) is 0 Å². The van der Waals surface area contributed by atoms with Gasteiger partial charge in [0.2, 0.25) is 5.56 Å². The van der Waals surface area contributed by atoms with Gasteiger partial charge in [-0.25, -0.2) is 0 Å². The lowest BCUT2D eigenvalue weighted by atomic mass is 10.2. The first-order chi connectivity index (χ1) is 6.93. The van der Waals surface area contributed by atoms with Gasteiger partial charge in [0.15, 0.2) is 10.8 Å². The third kappa shape index (κ3) is 6.29. The molecule has 16 heavy (non-hydrogen) atoms. The summed E-state index contributed by atoms with van der Waals surface area (Å²) in [4.78, 5) is 21.4. The van der Waals surface area contributed by atoms with Gasteiger partial charge in [0.05, 0.1) is 7.11 Å². The predicted octanol–water partition coefficient (Wildman–Crippen LogP) is 2.28. The fraction of sp³-hybridized carbons (Fsp3) is 0.714. The normalized spacial score (nSPS) is 13.6. The van der Waals surface area contributed by atoms with Gasteiger partial charge >= 0.3 is 11.9 Å². The number of esters is 2. The molecule has 0 saturated carbocycles. The average Bonchev–Trinajstić information content (AvgIpc) is 2.18. The van der Waals surface area contributed by atoms with E-state index in [9.17, 15) is 9.59 Å². The highest BCUT2D eigenvalue weighted by Gasteiger charge is 2.31. The molecule has 5 nitrogen and oxygen atoms in total. The van der Waals surface area contributed by atoms with Crippen molar-refractivity contribution >= 4 is 69.3 Å². The summed E-state index contributed by atoms with van der Waals surface area (Å²) in [6.45, 7) is 0. The highest BCUT2D eigenvalue weighted by molar-refractivity contribution is 14.1. The minimum absolute atomic E-state index is 0. The quantitative estimate of drug-likeness (QED) is 0.328. The maximum Gasteiger partial charge on any atom is 0.322 e. The van der Waals surface area contributed by atoms with Gasteiger partial charge in [-0.1, -0.05) is 57.4 Å². The number of rotatable bonds is 5. The van der Waals surface area contributed by atoms with E-state index < -0.39 is 28.3 Å². The number of hydrogen-bond acceptors (Lipinski definition) is 5. The lowest BCUT2D eigenvalue weighted by Crippen LogP contribution is -2.31. The highest BCUT2D eigenvalue weighted by atomic mass is 127. The Hall–Kier alpha value is 0.500. The first-order valence-electron chi connectivity index (χ1n) is 3.70. The smallest absolute Gasteiger partial charge is 0.322 e. The number of alkyl halides is 4. The molecule has 3 N–H and O–H groups in total. The van der Waals surface area contributed by atoms with E-state index in [0.717, 1.165) is 0 Å². The minimum Gasteiger partial charge on any atom is -0.468 e. The number of carbonyl (C=O) groups is 2. The van der Waals surface area contributed by atoms with Crippen molar-refractivity contribution in [1.82, 2.24) is 6.15 Å². The van der Waals surface area contributed by atoms with Crippen LogP contribution in [0.2, 0.25) is 0 Å². The zero-order valence-electron chi connectivity index (χ0n) is 8.29. The second-order valence-electron chi connectivity index (χ2n) is 2.35. The second-order valence-corrected chi connectivity index (χ2v) is 4.83. The van der Waals surface area contributed by atoms with Crippen LogP contribution in [0, 0.1) is 5.92 Å². The molecule has 0 radical (unpaired) electrons. The van der Waals surface area contributed by atoms with Crippen LogP contribution in [0.3, 0.4) is 0 Å². The third-order valence-electron chi connectivity index (χ3n) is 1.35. The molecule has 96 valence electrons. The van der Waals surface area contributed by atoms with E-state index in [1.165, 1.54) is 7.11 Å². The van der Waals surface area contributed by atoms with Crippen molar-refractivity contribution in [1.29, 1.82) is 0 Å². The Kier molecular flexibility index (Phi) is 11.2. The largest absolute Gasteiger partial charge is 0.468 e. The Bertz CT molecular complexity index is 242. The molecular weight excluding hydrogens is 395 g/mol. The van der Waals surface area contributed by atoms with Crippen molar-refractivity contribution in [3.63, 3.8) is 0 Å². The molecule has 0 fully saturated rings. The van der Waals surface area contributed by atoms with Gasteiger partial charge in [0, 0.05) is 4.43 Å². The molecule has 0 aliphatic carbocycles. The van der Waals surface area contributed by atoms with Crippen LogP contribution in [0.15, 0.2) is 0 Å². The van der Waals surface area contributed by atoms with Gasteiger partial charge in [0.1, 0.15) is 0 Å². The van der Waals surface area contributed by atoms with Gasteiger partial charge in [0.25, 0.3) is 0 Å². The van der Waals surface area contributed by atoms with Crippen LogP contribution in [0.1, 0.15) is 0 Å². The molecule has 0 aromatic heterocycles. The monoisotopic (exact) mass is 405 g/mol. The van der Waals surface area contributed by atoms with E-state index >= 15 is 0 Å². The fourth-order valence-electron chi connectivity index (χ4n) is 0.609. The van der Waals surface area contributed by atoms with Crippen LogP contribution in [0.4, 0.5) is 0 Å². The summed E-state index contributed by atoms with van der Waals surface area (Å²) in [6, 6.07) is 0. The van der Waals surface area contributed by atoms with E-state index in [0.29, 0.717) is 0 Å². The Balaban J connectivity index is 0. The molecule has 0 aliphatic heterocycles. The standard InChI is InChI=1S/C7H8Cl3IO4.H3N/c1-14-6(12)3(2-11)7(13)15-5(10)4(8)9;/h3-5H,2H2,1H3;1H3. The summed E-state index contributed by atoms with van der Waals surface area (Å²) in [5.74, 6) is -2.49. The third-order valence-corrected chi connectivity index (χ3v) is 3.29. The number of ether oxygens (including phenoxy) is 2. The molecule has 0 aromatic carbocycles. The molecule has 0 rings (SSSR count). The topological polar surface area (TPSA) is 87.6 Å². The van der Waals surface area contributed by atoms with Crippen LogP contribution in [-0.2, 0) is 19.1 Å². The summed E-state index contributed by atoms with van der Waals surface area (Å²) in [6.07, 6.45) is 0. The Morgan fingerprint density at radius 2 is 1.75 bits per heavy atom. The molecule has 9 heteroatoms. The molecular formula is C7H11Cl3INO4. The second kappa shape index (κ2) is 9.52. The fourth-order valence-corrected chi connectivity index (χ4v) is 1.52. The molecule has 0 saturated heterocycles. The highest BCUT2D eigenvalue weighted by Crippen LogP contribution is 2.18. The van der Waals surface area contributed by atoms with E-state index in [1.54, 1.807) is 0 Å². The first-order valence-corrected chi connectivity index (χ1v) is 6.54. The van der Waals surface area contributed by atoms with Crippen molar-refractivity contribution in [3.05, 3.63) is 0 Å². The first kappa shape index (κ1) is 18.9. The Labute approximate surface area is 122 Å². The molecule has 0 spiro atoms. The summed E-state index contributed by atoms with van der Waals surface area (Å²) in [7, 11) is 1.18. The average molecular weight is 406 g/mol. The van der Waals surface area contributed by atoms with Crippen LogP contribution in [0.5, 0.6) is 0 Å². The van der Waals surface area contributed by atoms with E-state index in [4.69, 9.17) is 34.8 Å². The molecule has 0 bridgehead atoms. The molecule has 2 unspecified atom stereocenters. The lowest BCUT2D eigenvalue weighted by molar-refractivity contribution is -0.159. The Morgan fingerprint density at radius 3 is 2.06 bits per heavy atom. The van der Waals surface area contributed by atoms with E-state index in [2.05, 4.69) is 9.47 Å². The number of methoxy groups -OCH3 is 1. The van der Waals surface area contributed by atoms with Gasteiger partial charge in [-0.15, -0.1) is 0 Å².